The van der Waals surface area contributed by atoms with Crippen LogP contribution in [0.5, 0.6) is 0 Å². The van der Waals surface area contributed by atoms with Crippen LogP contribution >= 0.6 is 0 Å². The maximum atomic E-state index is 9.65. The van der Waals surface area contributed by atoms with E-state index >= 15 is 0 Å². The van der Waals surface area contributed by atoms with E-state index in [0.29, 0.717) is 31.4 Å². The van der Waals surface area contributed by atoms with Gasteiger partial charge in [-0.1, -0.05) is 23.3 Å². The fourth-order valence-electron chi connectivity index (χ4n) is 2.13. The molecule has 0 saturated carbocycles. The average molecular weight is 261 g/mol. The molecule has 2 heterocycles. The Hall–Kier alpha value is -1.92. The molecule has 0 radical (unpaired) electrons. The van der Waals surface area contributed by atoms with Crippen LogP contribution in [-0.4, -0.2) is 45.7 Å². The largest absolute Gasteiger partial charge is 0.403 e. The van der Waals surface area contributed by atoms with Gasteiger partial charge in [-0.05, 0) is 18.6 Å². The number of rotatable bonds is 2. The zero-order chi connectivity index (χ0) is 13.2. The van der Waals surface area contributed by atoms with Crippen LogP contribution in [0.25, 0.3) is 11.5 Å². The Labute approximate surface area is 110 Å². The summed E-state index contributed by atoms with van der Waals surface area (Å²) >= 11 is 0. The Morgan fingerprint density at radius 2 is 1.89 bits per heavy atom. The summed E-state index contributed by atoms with van der Waals surface area (Å²) in [5.41, 5.74) is 0.860. The van der Waals surface area contributed by atoms with Crippen LogP contribution in [0.15, 0.2) is 34.7 Å². The quantitative estimate of drug-likeness (QED) is 0.826. The first-order valence-corrected chi connectivity index (χ1v) is 6.24. The molecule has 1 aromatic carbocycles. The van der Waals surface area contributed by atoms with Gasteiger partial charge in [0.25, 0.3) is 0 Å². The number of anilines is 1. The monoisotopic (exact) mass is 261 g/mol. The Kier molecular flexibility index (Phi) is 3.18. The van der Waals surface area contributed by atoms with Crippen molar-refractivity contribution in [2.45, 2.75) is 18.6 Å². The van der Waals surface area contributed by atoms with Gasteiger partial charge >= 0.3 is 6.01 Å². The highest BCUT2D eigenvalue weighted by Gasteiger charge is 2.28. The maximum Gasteiger partial charge on any atom is 0.318 e. The molecule has 2 aromatic rings. The standard InChI is InChI=1S/C13H15N3O3/c17-10-6-7-16(8-11(10)18)13-15-14-12(19-13)9-4-2-1-3-5-9/h1-5,10-11,17-18H,6-8H2. The Morgan fingerprint density at radius 3 is 2.63 bits per heavy atom. The predicted octanol–water partition coefficient (Wildman–Crippen LogP) is 0.668. The van der Waals surface area contributed by atoms with E-state index in [4.69, 9.17) is 4.42 Å². The van der Waals surface area contributed by atoms with Crippen molar-refractivity contribution in [3.8, 4) is 11.5 Å². The lowest BCUT2D eigenvalue weighted by molar-refractivity contribution is 0.00704. The van der Waals surface area contributed by atoms with Gasteiger partial charge in [-0.25, -0.2) is 0 Å². The third-order valence-corrected chi connectivity index (χ3v) is 3.25. The van der Waals surface area contributed by atoms with Crippen LogP contribution in [0.1, 0.15) is 6.42 Å². The third kappa shape index (κ3) is 2.45. The number of piperidine rings is 1. The lowest BCUT2D eigenvalue weighted by atomic mass is 10.1. The average Bonchev–Trinajstić information content (AvgIpc) is 2.93. The highest BCUT2D eigenvalue weighted by atomic mass is 16.4. The van der Waals surface area contributed by atoms with E-state index in [1.165, 1.54) is 0 Å². The van der Waals surface area contributed by atoms with Gasteiger partial charge in [-0.3, -0.25) is 0 Å². The summed E-state index contributed by atoms with van der Waals surface area (Å²) in [6.07, 6.45) is -0.960. The van der Waals surface area contributed by atoms with Gasteiger partial charge < -0.3 is 19.5 Å². The number of benzene rings is 1. The molecule has 3 rings (SSSR count). The van der Waals surface area contributed by atoms with Crippen molar-refractivity contribution in [3.63, 3.8) is 0 Å². The molecular formula is C13H15N3O3. The van der Waals surface area contributed by atoms with Crippen molar-refractivity contribution >= 4 is 6.01 Å². The lowest BCUT2D eigenvalue weighted by Gasteiger charge is -2.31. The number of hydrogen-bond donors (Lipinski definition) is 2. The summed E-state index contributed by atoms with van der Waals surface area (Å²) in [7, 11) is 0. The molecule has 100 valence electrons. The van der Waals surface area contributed by atoms with Crippen molar-refractivity contribution < 1.29 is 14.6 Å². The third-order valence-electron chi connectivity index (χ3n) is 3.25. The van der Waals surface area contributed by atoms with Crippen LogP contribution in [0.2, 0.25) is 0 Å². The molecular weight excluding hydrogens is 246 g/mol. The number of aromatic nitrogens is 2. The van der Waals surface area contributed by atoms with Crippen LogP contribution in [0.4, 0.5) is 6.01 Å². The Morgan fingerprint density at radius 1 is 1.11 bits per heavy atom. The molecule has 1 aromatic heterocycles. The number of nitrogens with zero attached hydrogens (tertiary/aromatic N) is 3. The molecule has 2 N–H and O–H groups in total. The summed E-state index contributed by atoms with van der Waals surface area (Å²) < 4.78 is 5.60. The molecule has 0 amide bonds. The molecule has 6 heteroatoms. The van der Waals surface area contributed by atoms with E-state index < -0.39 is 12.2 Å². The minimum atomic E-state index is -0.777. The molecule has 1 fully saturated rings. The van der Waals surface area contributed by atoms with Crippen LogP contribution < -0.4 is 4.90 Å². The summed E-state index contributed by atoms with van der Waals surface area (Å²) in [5, 5.41) is 27.1. The first kappa shape index (κ1) is 12.1. The fourth-order valence-corrected chi connectivity index (χ4v) is 2.13. The van der Waals surface area contributed by atoms with Gasteiger partial charge in [-0.15, -0.1) is 5.10 Å². The highest BCUT2D eigenvalue weighted by Crippen LogP contribution is 2.23. The SMILES string of the molecule is OC1CCN(c2nnc(-c3ccccc3)o2)CC1O. The smallest absolute Gasteiger partial charge is 0.318 e. The lowest BCUT2D eigenvalue weighted by Crippen LogP contribution is -2.46. The van der Waals surface area contributed by atoms with E-state index in [2.05, 4.69) is 10.2 Å². The van der Waals surface area contributed by atoms with Gasteiger partial charge in [0.1, 0.15) is 0 Å². The molecule has 2 atom stereocenters. The van der Waals surface area contributed by atoms with Crippen molar-refractivity contribution in [2.75, 3.05) is 18.0 Å². The molecule has 1 aliphatic heterocycles. The van der Waals surface area contributed by atoms with Crippen molar-refractivity contribution in [1.82, 2.24) is 10.2 Å². The van der Waals surface area contributed by atoms with E-state index in [1.807, 2.05) is 30.3 Å². The van der Waals surface area contributed by atoms with Crippen molar-refractivity contribution in [2.24, 2.45) is 0 Å². The minimum Gasteiger partial charge on any atom is -0.403 e. The van der Waals surface area contributed by atoms with Crippen LogP contribution in [-0.2, 0) is 0 Å². The normalized spacial score (nSPS) is 23.6. The maximum absolute atomic E-state index is 9.65. The van der Waals surface area contributed by atoms with Gasteiger partial charge in [0.15, 0.2) is 0 Å². The van der Waals surface area contributed by atoms with E-state index in [1.54, 1.807) is 4.90 Å². The zero-order valence-electron chi connectivity index (χ0n) is 10.3. The summed E-state index contributed by atoms with van der Waals surface area (Å²) in [4.78, 5) is 1.79. The molecule has 0 aliphatic carbocycles. The minimum absolute atomic E-state index is 0.303. The number of aliphatic hydroxyl groups is 2. The second-order valence-electron chi connectivity index (χ2n) is 4.63. The second kappa shape index (κ2) is 4.99. The second-order valence-corrected chi connectivity index (χ2v) is 4.63. The zero-order valence-corrected chi connectivity index (χ0v) is 10.3. The summed E-state index contributed by atoms with van der Waals surface area (Å²) in [6, 6.07) is 9.90. The summed E-state index contributed by atoms with van der Waals surface area (Å²) in [6.45, 7) is 0.895. The Bertz CT molecular complexity index is 543. The van der Waals surface area contributed by atoms with Gasteiger partial charge in [0.05, 0.1) is 18.8 Å². The molecule has 1 aliphatic rings. The predicted molar refractivity (Wildman–Crippen MR) is 68.6 cm³/mol. The van der Waals surface area contributed by atoms with E-state index in [0.717, 1.165) is 5.56 Å². The van der Waals surface area contributed by atoms with Gasteiger partial charge in [0.2, 0.25) is 5.89 Å². The molecule has 19 heavy (non-hydrogen) atoms. The van der Waals surface area contributed by atoms with Crippen LogP contribution in [0.3, 0.4) is 0 Å². The molecule has 1 saturated heterocycles. The number of hydrogen-bond acceptors (Lipinski definition) is 6. The van der Waals surface area contributed by atoms with E-state index in [9.17, 15) is 10.2 Å². The van der Waals surface area contributed by atoms with Crippen LogP contribution in [0, 0.1) is 0 Å². The topological polar surface area (TPSA) is 82.6 Å². The van der Waals surface area contributed by atoms with Gasteiger partial charge in [-0.2, -0.15) is 0 Å². The van der Waals surface area contributed by atoms with E-state index in [-0.39, 0.29) is 0 Å². The van der Waals surface area contributed by atoms with Crippen molar-refractivity contribution in [3.05, 3.63) is 30.3 Å². The Balaban J connectivity index is 1.79. The van der Waals surface area contributed by atoms with Gasteiger partial charge in [0, 0.05) is 12.1 Å². The molecule has 0 spiro atoms. The first-order valence-electron chi connectivity index (χ1n) is 6.24. The van der Waals surface area contributed by atoms with Crippen molar-refractivity contribution in [1.29, 1.82) is 0 Å². The molecule has 0 bridgehead atoms. The number of β-amino-alcohol motifs (C(OH)–C–C–N with tert-alkyl or cyclic N) is 1. The number of aliphatic hydroxyl groups excluding tert-OH is 2. The summed E-state index contributed by atoms with van der Waals surface area (Å²) in [5.74, 6) is 0.455. The first-order chi connectivity index (χ1) is 9.24. The highest BCUT2D eigenvalue weighted by molar-refractivity contribution is 5.53. The molecule has 2 unspecified atom stereocenters. The molecule has 6 nitrogen and oxygen atoms in total. The fraction of sp³-hybridized carbons (Fsp3) is 0.385.